The number of hydrogen-bond donors (Lipinski definition) is 0. The SMILES string of the molecule is COc1ccc(S(=O)(=O)N(CC(=O)c2cc(C)n(-c3ccc(Cl)cc3)c2C)Cc2ccccc2)cc1. The lowest BCUT2D eigenvalue weighted by Gasteiger charge is -2.22. The zero-order chi connectivity index (χ0) is 25.9. The van der Waals surface area contributed by atoms with Crippen molar-refractivity contribution in [2.45, 2.75) is 25.3 Å². The number of ketones is 1. The van der Waals surface area contributed by atoms with Crippen LogP contribution in [0.3, 0.4) is 0 Å². The molecule has 36 heavy (non-hydrogen) atoms. The fourth-order valence-electron chi connectivity index (χ4n) is 4.19. The molecular weight excluding hydrogens is 496 g/mol. The number of benzene rings is 3. The summed E-state index contributed by atoms with van der Waals surface area (Å²) < 4.78 is 35.6. The maximum absolute atomic E-state index is 13.6. The molecule has 0 N–H and O–H groups in total. The third kappa shape index (κ3) is 5.38. The van der Waals surface area contributed by atoms with Gasteiger partial charge in [-0.2, -0.15) is 4.31 Å². The van der Waals surface area contributed by atoms with Crippen LogP contribution in [-0.4, -0.2) is 36.7 Å². The molecule has 8 heteroatoms. The molecule has 0 unspecified atom stereocenters. The van der Waals surface area contributed by atoms with Crippen molar-refractivity contribution in [3.63, 3.8) is 0 Å². The van der Waals surface area contributed by atoms with Gasteiger partial charge < -0.3 is 9.30 Å². The van der Waals surface area contributed by atoms with Crippen LogP contribution >= 0.6 is 11.6 Å². The normalized spacial score (nSPS) is 11.6. The summed E-state index contributed by atoms with van der Waals surface area (Å²) in [5.41, 5.74) is 3.74. The van der Waals surface area contributed by atoms with Gasteiger partial charge in [0.2, 0.25) is 10.0 Å². The fourth-order valence-corrected chi connectivity index (χ4v) is 5.70. The highest BCUT2D eigenvalue weighted by Crippen LogP contribution is 2.25. The van der Waals surface area contributed by atoms with Crippen molar-refractivity contribution in [1.29, 1.82) is 0 Å². The van der Waals surface area contributed by atoms with Crippen LogP contribution in [0.25, 0.3) is 5.69 Å². The molecule has 3 aromatic carbocycles. The van der Waals surface area contributed by atoms with Crippen LogP contribution in [0.1, 0.15) is 27.3 Å². The molecule has 4 rings (SSSR count). The van der Waals surface area contributed by atoms with Crippen molar-refractivity contribution in [2.75, 3.05) is 13.7 Å². The number of aromatic nitrogens is 1. The summed E-state index contributed by atoms with van der Waals surface area (Å²) in [7, 11) is -2.45. The monoisotopic (exact) mass is 522 g/mol. The molecule has 0 aliphatic heterocycles. The smallest absolute Gasteiger partial charge is 0.243 e. The van der Waals surface area contributed by atoms with E-state index in [-0.39, 0.29) is 23.8 Å². The van der Waals surface area contributed by atoms with E-state index in [0.29, 0.717) is 16.3 Å². The summed E-state index contributed by atoms with van der Waals surface area (Å²) in [5.74, 6) is 0.269. The molecule has 1 aromatic heterocycles. The Labute approximate surface area is 216 Å². The first-order valence-electron chi connectivity index (χ1n) is 11.4. The molecule has 0 radical (unpaired) electrons. The molecule has 0 saturated heterocycles. The van der Waals surface area contributed by atoms with E-state index < -0.39 is 10.0 Å². The van der Waals surface area contributed by atoms with Crippen LogP contribution in [0, 0.1) is 13.8 Å². The summed E-state index contributed by atoms with van der Waals surface area (Å²) >= 11 is 6.04. The summed E-state index contributed by atoms with van der Waals surface area (Å²) in [5, 5.41) is 0.623. The van der Waals surface area contributed by atoms with Crippen LogP contribution in [0.4, 0.5) is 0 Å². The van der Waals surface area contributed by atoms with Gasteiger partial charge in [0.1, 0.15) is 5.75 Å². The first-order chi connectivity index (χ1) is 17.2. The van der Waals surface area contributed by atoms with E-state index in [1.807, 2.05) is 60.9 Å². The van der Waals surface area contributed by atoms with E-state index in [1.165, 1.54) is 23.5 Å². The number of sulfonamides is 1. The number of nitrogens with zero attached hydrogens (tertiary/aromatic N) is 2. The molecule has 0 bridgehead atoms. The third-order valence-corrected chi connectivity index (χ3v) is 8.09. The molecule has 0 amide bonds. The number of carbonyl (C=O) groups is 1. The number of hydrogen-bond acceptors (Lipinski definition) is 4. The van der Waals surface area contributed by atoms with E-state index in [2.05, 4.69) is 0 Å². The van der Waals surface area contributed by atoms with Gasteiger partial charge in [-0.25, -0.2) is 8.42 Å². The summed E-state index contributed by atoms with van der Waals surface area (Å²) in [6.07, 6.45) is 0. The second kappa shape index (κ2) is 10.7. The van der Waals surface area contributed by atoms with Crippen LogP contribution < -0.4 is 4.74 Å². The minimum Gasteiger partial charge on any atom is -0.497 e. The fraction of sp³-hybridized carbons (Fsp3) is 0.179. The predicted molar refractivity (Wildman–Crippen MR) is 142 cm³/mol. The topological polar surface area (TPSA) is 68.6 Å². The van der Waals surface area contributed by atoms with Gasteiger partial charge in [0.05, 0.1) is 18.6 Å². The highest BCUT2D eigenvalue weighted by atomic mass is 35.5. The summed E-state index contributed by atoms with van der Waals surface area (Å²) in [4.78, 5) is 13.6. The third-order valence-electron chi connectivity index (χ3n) is 6.04. The molecule has 0 saturated carbocycles. The highest BCUT2D eigenvalue weighted by Gasteiger charge is 2.29. The van der Waals surface area contributed by atoms with Gasteiger partial charge in [-0.3, -0.25) is 4.79 Å². The molecule has 0 fully saturated rings. The second-order valence-electron chi connectivity index (χ2n) is 8.45. The van der Waals surface area contributed by atoms with Gasteiger partial charge in [-0.15, -0.1) is 0 Å². The van der Waals surface area contributed by atoms with Crippen molar-refractivity contribution >= 4 is 27.4 Å². The number of rotatable bonds is 9. The number of halogens is 1. The Hall–Kier alpha value is -3.39. The molecule has 186 valence electrons. The van der Waals surface area contributed by atoms with E-state index in [9.17, 15) is 13.2 Å². The minimum absolute atomic E-state index is 0.0663. The van der Waals surface area contributed by atoms with Gasteiger partial charge in [0.25, 0.3) is 0 Å². The molecule has 1 heterocycles. The maximum Gasteiger partial charge on any atom is 0.243 e. The zero-order valence-corrected chi connectivity index (χ0v) is 21.9. The van der Waals surface area contributed by atoms with Gasteiger partial charge in [0, 0.05) is 34.2 Å². The highest BCUT2D eigenvalue weighted by molar-refractivity contribution is 7.89. The Morgan fingerprint density at radius 1 is 0.944 bits per heavy atom. The first-order valence-corrected chi connectivity index (χ1v) is 13.2. The summed E-state index contributed by atoms with van der Waals surface area (Å²) in [6, 6.07) is 24.5. The van der Waals surface area contributed by atoms with E-state index in [4.69, 9.17) is 16.3 Å². The lowest BCUT2D eigenvalue weighted by molar-refractivity contribution is 0.0964. The molecular formula is C28H27ClN2O4S. The zero-order valence-electron chi connectivity index (χ0n) is 20.3. The number of carbonyl (C=O) groups excluding carboxylic acids is 1. The predicted octanol–water partition coefficient (Wildman–Crippen LogP) is 5.83. The average Bonchev–Trinajstić information content (AvgIpc) is 3.18. The number of Topliss-reactive ketones (excluding diaryl/α,β-unsaturated/α-hetero) is 1. The Bertz CT molecular complexity index is 1460. The molecule has 4 aromatic rings. The number of ether oxygens (including phenoxy) is 1. The maximum atomic E-state index is 13.6. The number of methoxy groups -OCH3 is 1. The lowest BCUT2D eigenvalue weighted by Crippen LogP contribution is -2.35. The Morgan fingerprint density at radius 3 is 2.19 bits per heavy atom. The standard InChI is InChI=1S/C28H27ClN2O4S/c1-20-17-27(21(2)31(20)24-11-9-23(29)10-12-24)28(32)19-30(18-22-7-5-4-6-8-22)36(33,34)26-15-13-25(35-3)14-16-26/h4-17H,18-19H2,1-3H3. The average molecular weight is 523 g/mol. The minimum atomic E-state index is -3.96. The largest absolute Gasteiger partial charge is 0.497 e. The molecule has 0 aliphatic rings. The van der Waals surface area contributed by atoms with E-state index in [1.54, 1.807) is 30.3 Å². The Kier molecular flexibility index (Phi) is 7.64. The first kappa shape index (κ1) is 25.7. The number of aryl methyl sites for hydroxylation is 1. The van der Waals surface area contributed by atoms with Gasteiger partial charge >= 0.3 is 0 Å². The van der Waals surface area contributed by atoms with Crippen molar-refractivity contribution in [1.82, 2.24) is 8.87 Å². The van der Waals surface area contributed by atoms with Crippen molar-refractivity contribution in [3.05, 3.63) is 112 Å². The summed E-state index contributed by atoms with van der Waals surface area (Å²) in [6.45, 7) is 3.54. The van der Waals surface area contributed by atoms with Gasteiger partial charge in [-0.05, 0) is 74.0 Å². The van der Waals surface area contributed by atoms with Crippen LogP contribution in [0.2, 0.25) is 5.02 Å². The second-order valence-corrected chi connectivity index (χ2v) is 10.8. The van der Waals surface area contributed by atoms with Crippen molar-refractivity contribution < 1.29 is 17.9 Å². The van der Waals surface area contributed by atoms with Crippen LogP contribution in [0.5, 0.6) is 5.75 Å². The van der Waals surface area contributed by atoms with E-state index in [0.717, 1.165) is 22.6 Å². The molecule has 0 spiro atoms. The Morgan fingerprint density at radius 2 is 1.58 bits per heavy atom. The van der Waals surface area contributed by atoms with Crippen LogP contribution in [0.15, 0.2) is 89.8 Å². The Balaban J connectivity index is 1.69. The van der Waals surface area contributed by atoms with E-state index >= 15 is 0 Å². The van der Waals surface area contributed by atoms with Gasteiger partial charge in [0.15, 0.2) is 5.78 Å². The lowest BCUT2D eigenvalue weighted by atomic mass is 10.1. The molecule has 0 aliphatic carbocycles. The van der Waals surface area contributed by atoms with Crippen molar-refractivity contribution in [2.24, 2.45) is 0 Å². The quantitative estimate of drug-likeness (QED) is 0.259. The molecule has 0 atom stereocenters. The van der Waals surface area contributed by atoms with Gasteiger partial charge in [-0.1, -0.05) is 41.9 Å². The van der Waals surface area contributed by atoms with Crippen molar-refractivity contribution in [3.8, 4) is 11.4 Å². The molecule has 6 nitrogen and oxygen atoms in total. The van der Waals surface area contributed by atoms with Crippen LogP contribution in [-0.2, 0) is 16.6 Å².